The Balaban J connectivity index is 1.31. The number of fused-ring (bicyclic) bond motifs is 3. The predicted molar refractivity (Wildman–Crippen MR) is 211 cm³/mol. The Kier molecular flexibility index (Phi) is 8.12. The first-order valence-corrected chi connectivity index (χ1v) is 17.6. The van der Waals surface area contributed by atoms with Gasteiger partial charge in [-0.2, -0.15) is 13.2 Å². The average molecular weight is 709 g/mol. The second kappa shape index (κ2) is 13.3. The van der Waals surface area contributed by atoms with Gasteiger partial charge in [0.25, 0.3) is 0 Å². The molecule has 0 N–H and O–H groups in total. The van der Waals surface area contributed by atoms with Crippen LogP contribution in [0.4, 0.5) is 13.2 Å². The van der Waals surface area contributed by atoms with E-state index in [1.165, 1.54) is 17.7 Å². The molecule has 0 aliphatic carbocycles. The first-order chi connectivity index (χ1) is 26.3. The Morgan fingerprint density at radius 1 is 0.426 bits per heavy atom. The second-order valence-corrected chi connectivity index (χ2v) is 13.3. The van der Waals surface area contributed by atoms with Crippen LogP contribution in [0, 0.1) is 6.92 Å². The molecule has 7 heteroatoms. The first-order valence-electron chi connectivity index (χ1n) is 17.6. The highest BCUT2D eigenvalue weighted by Crippen LogP contribution is 2.43. The molecular weight excluding hydrogens is 678 g/mol. The molecule has 0 fully saturated rings. The molecule has 9 rings (SSSR count). The predicted octanol–water partition coefficient (Wildman–Crippen LogP) is 12.6. The Hall–Kier alpha value is -6.86. The van der Waals surface area contributed by atoms with E-state index in [2.05, 4.69) is 60.0 Å². The standard InChI is InChI=1S/C47H31F3N4/c1-30-13-12-18-33(27-30)34-23-26-43-40(28-34)37-20-9-11-22-42(37)54(43)35-24-25-38(39(29-35)36-19-8-10-21-41(36)47(48,49)50)46-52-44(31-14-4-2-5-15-31)51-45(53-46)32-16-6-3-7-17-32/h2-29H,1H3. The Labute approximate surface area is 309 Å². The van der Waals surface area contributed by atoms with E-state index in [1.54, 1.807) is 6.07 Å². The summed E-state index contributed by atoms with van der Waals surface area (Å²) >= 11 is 0. The van der Waals surface area contributed by atoms with Gasteiger partial charge in [0, 0.05) is 33.2 Å². The van der Waals surface area contributed by atoms with Crippen molar-refractivity contribution in [1.82, 2.24) is 19.5 Å². The number of halogens is 3. The van der Waals surface area contributed by atoms with Crippen LogP contribution in [0.3, 0.4) is 0 Å². The Morgan fingerprint density at radius 2 is 1.02 bits per heavy atom. The molecule has 0 atom stereocenters. The maximum atomic E-state index is 14.8. The van der Waals surface area contributed by atoms with Gasteiger partial charge in [-0.25, -0.2) is 15.0 Å². The van der Waals surface area contributed by atoms with E-state index in [0.717, 1.165) is 50.1 Å². The highest BCUT2D eigenvalue weighted by molar-refractivity contribution is 6.10. The zero-order chi connectivity index (χ0) is 36.8. The fourth-order valence-corrected chi connectivity index (χ4v) is 7.24. The van der Waals surface area contributed by atoms with E-state index in [4.69, 9.17) is 15.0 Å². The lowest BCUT2D eigenvalue weighted by Crippen LogP contribution is -2.08. The zero-order valence-corrected chi connectivity index (χ0v) is 29.1. The molecule has 260 valence electrons. The summed E-state index contributed by atoms with van der Waals surface area (Å²) in [5, 5.41) is 2.09. The number of hydrogen-bond acceptors (Lipinski definition) is 3. The van der Waals surface area contributed by atoms with E-state index in [1.807, 2.05) is 97.1 Å². The van der Waals surface area contributed by atoms with Gasteiger partial charge in [-0.1, -0.05) is 133 Å². The number of alkyl halides is 3. The number of hydrogen-bond donors (Lipinski definition) is 0. The molecule has 0 aliphatic rings. The molecule has 4 nitrogen and oxygen atoms in total. The van der Waals surface area contributed by atoms with Crippen LogP contribution in [-0.2, 0) is 6.18 Å². The van der Waals surface area contributed by atoms with E-state index in [-0.39, 0.29) is 11.4 Å². The summed E-state index contributed by atoms with van der Waals surface area (Å²) in [5.41, 5.74) is 7.59. The smallest absolute Gasteiger partial charge is 0.309 e. The molecule has 0 bridgehead atoms. The number of rotatable bonds is 6. The summed E-state index contributed by atoms with van der Waals surface area (Å²) in [5.74, 6) is 1.11. The van der Waals surface area contributed by atoms with Gasteiger partial charge in [0.2, 0.25) is 0 Å². The van der Waals surface area contributed by atoms with Crippen molar-refractivity contribution < 1.29 is 13.2 Å². The molecule has 0 aliphatic heterocycles. The third kappa shape index (κ3) is 5.99. The molecule has 7 aromatic carbocycles. The molecule has 0 amide bonds. The van der Waals surface area contributed by atoms with Crippen molar-refractivity contribution >= 4 is 21.8 Å². The molecule has 0 saturated carbocycles. The van der Waals surface area contributed by atoms with Gasteiger partial charge in [0.05, 0.1) is 16.6 Å². The molecule has 2 aromatic heterocycles. The summed E-state index contributed by atoms with van der Waals surface area (Å²) < 4.78 is 46.5. The molecule has 0 spiro atoms. The lowest BCUT2D eigenvalue weighted by atomic mass is 9.93. The highest BCUT2D eigenvalue weighted by atomic mass is 19.4. The minimum Gasteiger partial charge on any atom is -0.309 e. The number of nitrogens with zero attached hydrogens (tertiary/aromatic N) is 4. The third-order valence-electron chi connectivity index (χ3n) is 9.75. The normalized spacial score (nSPS) is 11.7. The number of benzene rings is 7. The first kappa shape index (κ1) is 33.0. The number of aryl methyl sites for hydroxylation is 1. The molecular formula is C47H31F3N4. The van der Waals surface area contributed by atoms with Crippen molar-refractivity contribution in [3.8, 4) is 62.1 Å². The van der Waals surface area contributed by atoms with Gasteiger partial charge in [0.15, 0.2) is 17.5 Å². The van der Waals surface area contributed by atoms with Gasteiger partial charge in [-0.05, 0) is 71.6 Å². The van der Waals surface area contributed by atoms with Gasteiger partial charge in [-0.3, -0.25) is 0 Å². The Bertz CT molecular complexity index is 2770. The molecule has 0 unspecified atom stereocenters. The monoisotopic (exact) mass is 708 g/mol. The highest BCUT2D eigenvalue weighted by Gasteiger charge is 2.34. The number of para-hydroxylation sites is 1. The van der Waals surface area contributed by atoms with Crippen LogP contribution in [-0.4, -0.2) is 19.5 Å². The third-order valence-corrected chi connectivity index (χ3v) is 9.75. The molecule has 0 saturated heterocycles. The van der Waals surface area contributed by atoms with Crippen molar-refractivity contribution in [3.05, 3.63) is 181 Å². The minimum absolute atomic E-state index is 0.0345. The van der Waals surface area contributed by atoms with E-state index >= 15 is 0 Å². The lowest BCUT2D eigenvalue weighted by Gasteiger charge is -2.18. The van der Waals surface area contributed by atoms with Crippen LogP contribution in [0.5, 0.6) is 0 Å². The van der Waals surface area contributed by atoms with Crippen molar-refractivity contribution in [1.29, 1.82) is 0 Å². The van der Waals surface area contributed by atoms with Crippen molar-refractivity contribution in [2.24, 2.45) is 0 Å². The molecule has 9 aromatic rings. The largest absolute Gasteiger partial charge is 0.417 e. The van der Waals surface area contributed by atoms with Crippen LogP contribution in [0.2, 0.25) is 0 Å². The maximum Gasteiger partial charge on any atom is 0.417 e. The lowest BCUT2D eigenvalue weighted by molar-refractivity contribution is -0.137. The van der Waals surface area contributed by atoms with Crippen LogP contribution >= 0.6 is 0 Å². The minimum atomic E-state index is -4.60. The molecule has 0 radical (unpaired) electrons. The summed E-state index contributed by atoms with van der Waals surface area (Å²) in [6, 6.07) is 53.2. The van der Waals surface area contributed by atoms with Gasteiger partial charge in [-0.15, -0.1) is 0 Å². The number of aromatic nitrogens is 4. The fourth-order valence-electron chi connectivity index (χ4n) is 7.24. The summed E-state index contributed by atoms with van der Waals surface area (Å²) in [6.07, 6.45) is -4.60. The SMILES string of the molecule is Cc1cccc(-c2ccc3c(c2)c2ccccc2n3-c2ccc(-c3nc(-c4ccccc4)nc(-c4ccccc4)n3)c(-c3ccccc3C(F)(F)F)c2)c1. The van der Waals surface area contributed by atoms with Crippen molar-refractivity contribution in [2.75, 3.05) is 0 Å². The summed E-state index contributed by atoms with van der Waals surface area (Å²) in [6.45, 7) is 2.08. The van der Waals surface area contributed by atoms with Crippen LogP contribution in [0.15, 0.2) is 170 Å². The molecule has 2 heterocycles. The molecule has 54 heavy (non-hydrogen) atoms. The van der Waals surface area contributed by atoms with Crippen molar-refractivity contribution in [2.45, 2.75) is 13.1 Å². The maximum absolute atomic E-state index is 14.8. The van der Waals surface area contributed by atoms with E-state index in [0.29, 0.717) is 28.5 Å². The van der Waals surface area contributed by atoms with Crippen LogP contribution in [0.1, 0.15) is 11.1 Å². The summed E-state index contributed by atoms with van der Waals surface area (Å²) in [4.78, 5) is 14.6. The van der Waals surface area contributed by atoms with Gasteiger partial charge >= 0.3 is 6.18 Å². The van der Waals surface area contributed by atoms with E-state index < -0.39 is 11.7 Å². The average Bonchev–Trinajstić information content (AvgIpc) is 3.54. The van der Waals surface area contributed by atoms with Crippen molar-refractivity contribution in [3.63, 3.8) is 0 Å². The van der Waals surface area contributed by atoms with Gasteiger partial charge in [0.1, 0.15) is 0 Å². The van der Waals surface area contributed by atoms with E-state index in [9.17, 15) is 13.2 Å². The van der Waals surface area contributed by atoms with Crippen LogP contribution in [0.25, 0.3) is 83.9 Å². The van der Waals surface area contributed by atoms with Gasteiger partial charge < -0.3 is 4.57 Å². The fraction of sp³-hybridized carbons (Fsp3) is 0.0426. The quantitative estimate of drug-likeness (QED) is 0.173. The zero-order valence-electron chi connectivity index (χ0n) is 29.1. The topological polar surface area (TPSA) is 43.6 Å². The summed E-state index contributed by atoms with van der Waals surface area (Å²) in [7, 11) is 0. The van der Waals surface area contributed by atoms with Crippen LogP contribution < -0.4 is 0 Å². The second-order valence-electron chi connectivity index (χ2n) is 13.3. The Morgan fingerprint density at radius 3 is 1.72 bits per heavy atom.